The first-order valence-electron chi connectivity index (χ1n) is 7.71. The number of rotatable bonds is 6. The van der Waals surface area contributed by atoms with Gasteiger partial charge in [-0.1, -0.05) is 6.92 Å². The van der Waals surface area contributed by atoms with Gasteiger partial charge in [0.25, 0.3) is 0 Å². The minimum atomic E-state index is -1.26. The lowest BCUT2D eigenvalue weighted by atomic mass is 10.2. The zero-order valence-corrected chi connectivity index (χ0v) is 15.3. The predicted octanol–water partition coefficient (Wildman–Crippen LogP) is 2.38. The smallest absolute Gasteiger partial charge is 0.328 e. The number of hydrogen-bond donors (Lipinski definition) is 3. The topological polar surface area (TPSA) is 118 Å². The van der Waals surface area contributed by atoms with Crippen LogP contribution in [0.1, 0.15) is 19.5 Å². The molecule has 1 heterocycles. The van der Waals surface area contributed by atoms with Gasteiger partial charge in [-0.2, -0.15) is 5.10 Å². The van der Waals surface area contributed by atoms with E-state index in [0.29, 0.717) is 12.2 Å². The Hall–Kier alpha value is -2.32. The van der Waals surface area contributed by atoms with Crippen molar-refractivity contribution in [2.45, 2.75) is 37.8 Å². The van der Waals surface area contributed by atoms with E-state index in [2.05, 4.69) is 36.5 Å². The third-order valence-corrected chi connectivity index (χ3v) is 3.92. The molecule has 0 saturated heterocycles. The number of nitrogens with two attached hydrogens (primary N) is 1. The van der Waals surface area contributed by atoms with E-state index in [0.717, 1.165) is 18.7 Å². The normalized spacial score (nSPS) is 12.0. The Balaban J connectivity index is 0.000000333. The number of aromatic nitrogens is 2. The Bertz CT molecular complexity index is 753. The average Bonchev–Trinajstić information content (AvgIpc) is 2.90. The molecule has 0 aliphatic heterocycles. The van der Waals surface area contributed by atoms with Crippen molar-refractivity contribution >= 4 is 34.6 Å². The number of benzene rings is 1. The van der Waals surface area contributed by atoms with Crippen LogP contribution in [-0.2, 0) is 22.6 Å². The highest BCUT2D eigenvalue weighted by atomic mass is 32.2. The fraction of sp³-hybridized carbons (Fsp3) is 0.353. The summed E-state index contributed by atoms with van der Waals surface area (Å²) in [6.45, 7) is 4.92. The van der Waals surface area contributed by atoms with E-state index >= 15 is 0 Å². The number of carboxylic acid groups (broad SMARTS) is 2. The standard InChI is InChI=1S/C13H19N3S.C4H4O4/c1-4-12-11-6-5-10(17-3)7-13(11)16(15-12)8-9(2)14;5-3(6)1-2-4(7)8/h5-7,9H,4,8,14H2,1-3H3;1-2H,(H,5,6)(H,7,8). The second-order valence-corrected chi connectivity index (χ2v) is 6.23. The van der Waals surface area contributed by atoms with Crippen molar-refractivity contribution in [3.63, 3.8) is 0 Å². The quantitative estimate of drug-likeness (QED) is 0.531. The Morgan fingerprint density at radius 3 is 2.36 bits per heavy atom. The number of carbonyl (C=O) groups is 2. The van der Waals surface area contributed by atoms with Crippen molar-refractivity contribution in [1.82, 2.24) is 9.78 Å². The molecule has 1 aromatic carbocycles. The number of nitrogens with zero attached hydrogens (tertiary/aromatic N) is 2. The van der Waals surface area contributed by atoms with Gasteiger partial charge >= 0.3 is 11.9 Å². The minimum absolute atomic E-state index is 0.126. The van der Waals surface area contributed by atoms with Crippen molar-refractivity contribution in [1.29, 1.82) is 0 Å². The minimum Gasteiger partial charge on any atom is -0.478 e. The van der Waals surface area contributed by atoms with E-state index in [1.807, 2.05) is 11.6 Å². The summed E-state index contributed by atoms with van der Waals surface area (Å²) in [5.41, 5.74) is 8.23. The van der Waals surface area contributed by atoms with Crippen LogP contribution in [-0.4, -0.2) is 44.2 Å². The summed E-state index contributed by atoms with van der Waals surface area (Å²) in [4.78, 5) is 20.4. The summed E-state index contributed by atoms with van der Waals surface area (Å²) < 4.78 is 2.04. The van der Waals surface area contributed by atoms with Crippen molar-refractivity contribution in [3.05, 3.63) is 36.0 Å². The molecule has 0 saturated carbocycles. The Morgan fingerprint density at radius 2 is 1.92 bits per heavy atom. The van der Waals surface area contributed by atoms with Gasteiger partial charge in [-0.05, 0) is 37.8 Å². The van der Waals surface area contributed by atoms with E-state index in [1.165, 1.54) is 15.8 Å². The molecule has 0 aliphatic carbocycles. The third-order valence-electron chi connectivity index (χ3n) is 3.20. The van der Waals surface area contributed by atoms with Gasteiger partial charge in [0.2, 0.25) is 0 Å². The van der Waals surface area contributed by atoms with Gasteiger partial charge in [0.1, 0.15) is 0 Å². The molecule has 25 heavy (non-hydrogen) atoms. The first-order chi connectivity index (χ1) is 11.8. The molecule has 1 aromatic heterocycles. The van der Waals surface area contributed by atoms with Crippen LogP contribution in [0.3, 0.4) is 0 Å². The lowest BCUT2D eigenvalue weighted by molar-refractivity contribution is -0.134. The second-order valence-electron chi connectivity index (χ2n) is 5.35. The number of carboxylic acids is 2. The molecule has 7 nitrogen and oxygen atoms in total. The van der Waals surface area contributed by atoms with Gasteiger partial charge in [-0.3, -0.25) is 4.68 Å². The molecule has 0 amide bonds. The molecule has 0 radical (unpaired) electrons. The molecular formula is C17H23N3O4S. The fourth-order valence-corrected chi connectivity index (χ4v) is 2.60. The van der Waals surface area contributed by atoms with Crippen LogP contribution in [0.2, 0.25) is 0 Å². The Morgan fingerprint density at radius 1 is 1.32 bits per heavy atom. The number of fused-ring (bicyclic) bond motifs is 1. The molecule has 0 bridgehead atoms. The Labute approximate surface area is 150 Å². The van der Waals surface area contributed by atoms with Gasteiger partial charge in [0, 0.05) is 28.5 Å². The van der Waals surface area contributed by atoms with Gasteiger partial charge in [0.15, 0.2) is 0 Å². The first kappa shape index (κ1) is 20.7. The van der Waals surface area contributed by atoms with Crippen LogP contribution in [0, 0.1) is 0 Å². The molecule has 0 spiro atoms. The zero-order valence-electron chi connectivity index (χ0n) is 14.5. The molecule has 136 valence electrons. The summed E-state index contributed by atoms with van der Waals surface area (Å²) in [5.74, 6) is -2.51. The van der Waals surface area contributed by atoms with Crippen molar-refractivity contribution in [2.75, 3.05) is 6.26 Å². The van der Waals surface area contributed by atoms with Crippen molar-refractivity contribution < 1.29 is 19.8 Å². The summed E-state index contributed by atoms with van der Waals surface area (Å²) in [6, 6.07) is 6.66. The van der Waals surface area contributed by atoms with E-state index in [4.69, 9.17) is 15.9 Å². The predicted molar refractivity (Wildman–Crippen MR) is 99.0 cm³/mol. The van der Waals surface area contributed by atoms with Gasteiger partial charge in [-0.25, -0.2) is 9.59 Å². The third kappa shape index (κ3) is 6.60. The highest BCUT2D eigenvalue weighted by Crippen LogP contribution is 2.25. The first-order valence-corrected chi connectivity index (χ1v) is 8.93. The van der Waals surface area contributed by atoms with Crippen LogP contribution in [0.4, 0.5) is 0 Å². The van der Waals surface area contributed by atoms with E-state index in [9.17, 15) is 9.59 Å². The molecule has 2 rings (SSSR count). The fourth-order valence-electron chi connectivity index (χ4n) is 2.17. The van der Waals surface area contributed by atoms with Crippen LogP contribution >= 0.6 is 11.8 Å². The summed E-state index contributed by atoms with van der Waals surface area (Å²) >= 11 is 1.76. The largest absolute Gasteiger partial charge is 0.478 e. The molecule has 2 aromatic rings. The maximum absolute atomic E-state index is 9.55. The van der Waals surface area contributed by atoms with Gasteiger partial charge in [0.05, 0.1) is 17.8 Å². The Kier molecular flexibility index (Phi) is 8.17. The van der Waals surface area contributed by atoms with E-state index in [1.54, 1.807) is 11.8 Å². The lowest BCUT2D eigenvalue weighted by Gasteiger charge is -2.07. The average molecular weight is 365 g/mol. The second kappa shape index (κ2) is 9.85. The highest BCUT2D eigenvalue weighted by molar-refractivity contribution is 7.98. The van der Waals surface area contributed by atoms with E-state index < -0.39 is 11.9 Å². The molecule has 1 atom stereocenters. The summed E-state index contributed by atoms with van der Waals surface area (Å²) in [5, 5.41) is 21.5. The number of aryl methyl sites for hydroxylation is 1. The van der Waals surface area contributed by atoms with Gasteiger partial charge < -0.3 is 15.9 Å². The SMILES string of the molecule is CCc1nn(CC(C)N)c2cc(SC)ccc12.O=C(O)C=CC(=O)O. The molecule has 0 fully saturated rings. The number of hydrogen-bond acceptors (Lipinski definition) is 5. The maximum atomic E-state index is 9.55. The monoisotopic (exact) mass is 365 g/mol. The summed E-state index contributed by atoms with van der Waals surface area (Å²) in [7, 11) is 0. The molecule has 1 unspecified atom stereocenters. The van der Waals surface area contributed by atoms with Crippen LogP contribution < -0.4 is 5.73 Å². The molecule has 4 N–H and O–H groups in total. The highest BCUT2D eigenvalue weighted by Gasteiger charge is 2.10. The van der Waals surface area contributed by atoms with Crippen LogP contribution in [0.15, 0.2) is 35.2 Å². The molecular weight excluding hydrogens is 342 g/mol. The van der Waals surface area contributed by atoms with Crippen molar-refractivity contribution in [2.24, 2.45) is 5.73 Å². The van der Waals surface area contributed by atoms with Crippen molar-refractivity contribution in [3.8, 4) is 0 Å². The van der Waals surface area contributed by atoms with Crippen LogP contribution in [0.25, 0.3) is 10.9 Å². The molecule has 0 aliphatic rings. The number of aliphatic carboxylic acids is 2. The number of thioether (sulfide) groups is 1. The van der Waals surface area contributed by atoms with Crippen LogP contribution in [0.5, 0.6) is 0 Å². The maximum Gasteiger partial charge on any atom is 0.328 e. The lowest BCUT2D eigenvalue weighted by Crippen LogP contribution is -2.22. The molecule has 8 heteroatoms. The summed E-state index contributed by atoms with van der Waals surface area (Å²) in [6.07, 6.45) is 4.17. The van der Waals surface area contributed by atoms with Gasteiger partial charge in [-0.15, -0.1) is 11.8 Å². The zero-order chi connectivity index (χ0) is 19.0. The van der Waals surface area contributed by atoms with E-state index in [-0.39, 0.29) is 6.04 Å².